The molecule has 1 aromatic carbocycles. The van der Waals surface area contributed by atoms with E-state index in [0.29, 0.717) is 32.1 Å². The molecule has 0 aliphatic heterocycles. The van der Waals surface area contributed by atoms with Crippen LogP contribution < -0.4 is 10.6 Å². The van der Waals surface area contributed by atoms with Crippen LogP contribution >= 0.6 is 27.5 Å². The van der Waals surface area contributed by atoms with Gasteiger partial charge in [0.25, 0.3) is 11.8 Å². The monoisotopic (exact) mass is 497 g/mol. The van der Waals surface area contributed by atoms with Gasteiger partial charge in [0.15, 0.2) is 5.69 Å². The van der Waals surface area contributed by atoms with E-state index in [2.05, 4.69) is 36.5 Å². The lowest BCUT2D eigenvalue weighted by Crippen LogP contribution is -2.23. The second-order valence-electron chi connectivity index (χ2n) is 6.78. The Morgan fingerprint density at radius 3 is 2.68 bits per heavy atom. The van der Waals surface area contributed by atoms with Crippen molar-refractivity contribution in [3.05, 3.63) is 81.4 Å². The van der Waals surface area contributed by atoms with Gasteiger partial charge in [-0.1, -0.05) is 11.6 Å². The molecule has 0 atom stereocenters. The van der Waals surface area contributed by atoms with Crippen LogP contribution in [0.2, 0.25) is 5.02 Å². The number of aromatic nitrogens is 3. The number of hydrogen-bond acceptors (Lipinski definition) is 4. The van der Waals surface area contributed by atoms with E-state index < -0.39 is 5.91 Å². The minimum atomic E-state index is -0.461. The Kier molecular flexibility index (Phi) is 5.75. The molecule has 0 bridgehead atoms. The molecule has 0 aliphatic carbocycles. The van der Waals surface area contributed by atoms with Crippen LogP contribution in [0.4, 0.5) is 5.69 Å². The first kappa shape index (κ1) is 21.0. The van der Waals surface area contributed by atoms with Gasteiger partial charge in [-0.3, -0.25) is 9.59 Å². The van der Waals surface area contributed by atoms with Crippen LogP contribution in [0.3, 0.4) is 0 Å². The maximum Gasteiger partial charge on any atom is 0.276 e. The van der Waals surface area contributed by atoms with E-state index in [1.165, 1.54) is 13.1 Å². The highest BCUT2D eigenvalue weighted by Crippen LogP contribution is 2.31. The molecule has 0 fully saturated rings. The number of carbonyl (C=O) groups excluding carboxylic acids is 2. The summed E-state index contributed by atoms with van der Waals surface area (Å²) in [6, 6.07) is 10.6. The second-order valence-corrected chi connectivity index (χ2v) is 7.97. The van der Waals surface area contributed by atoms with Crippen molar-refractivity contribution >= 4 is 50.5 Å². The molecule has 0 saturated heterocycles. The first-order valence-electron chi connectivity index (χ1n) is 9.31. The quantitative estimate of drug-likeness (QED) is 0.398. The molecule has 2 amide bonds. The van der Waals surface area contributed by atoms with Crippen LogP contribution in [-0.4, -0.2) is 33.2 Å². The number of fused-ring (bicyclic) bond motifs is 1. The van der Waals surface area contributed by atoms with Crippen molar-refractivity contribution < 1.29 is 9.59 Å². The molecular formula is C22H17BrClN5O2. The van der Waals surface area contributed by atoms with Gasteiger partial charge in [0.1, 0.15) is 4.60 Å². The van der Waals surface area contributed by atoms with Crippen LogP contribution in [0.15, 0.2) is 59.6 Å². The van der Waals surface area contributed by atoms with Crippen molar-refractivity contribution in [1.82, 2.24) is 19.7 Å². The third-order valence-electron chi connectivity index (χ3n) is 4.81. The second kappa shape index (κ2) is 8.49. The zero-order chi connectivity index (χ0) is 22.1. The van der Waals surface area contributed by atoms with E-state index in [1.54, 1.807) is 31.5 Å². The zero-order valence-electron chi connectivity index (χ0n) is 16.6. The first-order chi connectivity index (χ1) is 14.9. The number of rotatable bonds is 4. The van der Waals surface area contributed by atoms with E-state index in [-0.39, 0.29) is 17.2 Å². The van der Waals surface area contributed by atoms with Crippen molar-refractivity contribution in [2.45, 2.75) is 6.92 Å². The Hall–Kier alpha value is -3.23. The lowest BCUT2D eigenvalue weighted by atomic mass is 10.1. The van der Waals surface area contributed by atoms with Crippen molar-refractivity contribution in [1.29, 1.82) is 0 Å². The van der Waals surface area contributed by atoms with Gasteiger partial charge in [-0.05, 0) is 64.8 Å². The summed E-state index contributed by atoms with van der Waals surface area (Å²) in [6.07, 6.45) is 5.13. The van der Waals surface area contributed by atoms with Crippen molar-refractivity contribution in [2.75, 3.05) is 12.4 Å². The molecule has 156 valence electrons. The number of nitrogens with zero attached hydrogens (tertiary/aromatic N) is 3. The Labute approximate surface area is 191 Å². The topological polar surface area (TPSA) is 88.4 Å². The van der Waals surface area contributed by atoms with Gasteiger partial charge >= 0.3 is 0 Å². The summed E-state index contributed by atoms with van der Waals surface area (Å²) in [4.78, 5) is 34.5. The van der Waals surface area contributed by atoms with Crippen molar-refractivity contribution in [2.24, 2.45) is 0 Å². The number of benzene rings is 1. The molecule has 4 rings (SSSR count). The highest BCUT2D eigenvalue weighted by Gasteiger charge is 2.23. The highest BCUT2D eigenvalue weighted by molar-refractivity contribution is 9.10. The molecule has 3 aromatic heterocycles. The lowest BCUT2D eigenvalue weighted by Gasteiger charge is -2.16. The average Bonchev–Trinajstić information content (AvgIpc) is 3.23. The van der Waals surface area contributed by atoms with Gasteiger partial charge < -0.3 is 15.0 Å². The van der Waals surface area contributed by atoms with Gasteiger partial charge in [0.05, 0.1) is 28.7 Å². The minimum absolute atomic E-state index is 0.189. The smallest absolute Gasteiger partial charge is 0.276 e. The standard InChI is InChI=1S/C22H17BrClN5O2/c1-12-9-13(24)10-16(21(30)25-2)17(12)28-22(31)18-19(15-6-3-7-26-20(15)23)29-8-4-5-14(29)11-27-18/h3-11H,1-2H3,(H,25,30)(H,28,31). The summed E-state index contributed by atoms with van der Waals surface area (Å²) in [7, 11) is 1.52. The fourth-order valence-electron chi connectivity index (χ4n) is 3.39. The van der Waals surface area contributed by atoms with Crippen LogP contribution in [0.5, 0.6) is 0 Å². The summed E-state index contributed by atoms with van der Waals surface area (Å²) in [5, 5.41) is 5.83. The Morgan fingerprint density at radius 2 is 1.94 bits per heavy atom. The number of hydrogen-bond donors (Lipinski definition) is 2. The van der Waals surface area contributed by atoms with Gasteiger partial charge in [-0.2, -0.15) is 0 Å². The Bertz CT molecular complexity index is 1330. The zero-order valence-corrected chi connectivity index (χ0v) is 19.0. The normalized spacial score (nSPS) is 10.8. The fourth-order valence-corrected chi connectivity index (χ4v) is 4.10. The fraction of sp³-hybridized carbons (Fsp3) is 0.0909. The van der Waals surface area contributed by atoms with Gasteiger partial charge in [-0.15, -0.1) is 0 Å². The molecule has 0 unspecified atom stereocenters. The third kappa shape index (κ3) is 3.92. The van der Waals surface area contributed by atoms with Crippen LogP contribution in [0, 0.1) is 6.92 Å². The number of aryl methyl sites for hydroxylation is 1. The van der Waals surface area contributed by atoms with Crippen molar-refractivity contribution in [3.8, 4) is 11.3 Å². The van der Waals surface area contributed by atoms with E-state index >= 15 is 0 Å². The van der Waals surface area contributed by atoms with Gasteiger partial charge in [-0.25, -0.2) is 9.97 Å². The highest BCUT2D eigenvalue weighted by atomic mass is 79.9. The number of nitrogens with one attached hydrogen (secondary N) is 2. The third-order valence-corrected chi connectivity index (χ3v) is 5.66. The summed E-state index contributed by atoms with van der Waals surface area (Å²) in [6.45, 7) is 1.77. The largest absolute Gasteiger partial charge is 0.355 e. The molecule has 0 radical (unpaired) electrons. The lowest BCUT2D eigenvalue weighted by molar-refractivity contribution is 0.0964. The summed E-state index contributed by atoms with van der Waals surface area (Å²) < 4.78 is 2.46. The molecule has 0 saturated carbocycles. The molecule has 4 aromatic rings. The Morgan fingerprint density at radius 1 is 1.13 bits per heavy atom. The molecular weight excluding hydrogens is 482 g/mol. The van der Waals surface area contributed by atoms with Gasteiger partial charge in [0, 0.05) is 30.0 Å². The van der Waals surface area contributed by atoms with Gasteiger partial charge in [0.2, 0.25) is 0 Å². The predicted molar refractivity (Wildman–Crippen MR) is 124 cm³/mol. The average molecular weight is 499 g/mol. The molecule has 9 heteroatoms. The minimum Gasteiger partial charge on any atom is -0.355 e. The maximum absolute atomic E-state index is 13.4. The number of halogens is 2. The molecule has 7 nitrogen and oxygen atoms in total. The number of pyridine rings is 1. The van der Waals surface area contributed by atoms with E-state index in [9.17, 15) is 9.59 Å². The SMILES string of the molecule is CNC(=O)c1cc(Cl)cc(C)c1NC(=O)c1ncc2cccn2c1-c1cccnc1Br. The molecule has 2 N–H and O–H groups in total. The number of amides is 2. The Balaban J connectivity index is 1.87. The summed E-state index contributed by atoms with van der Waals surface area (Å²) in [5.41, 5.74) is 3.61. The summed E-state index contributed by atoms with van der Waals surface area (Å²) in [5.74, 6) is -0.818. The van der Waals surface area contributed by atoms with Crippen LogP contribution in [0.25, 0.3) is 16.8 Å². The van der Waals surface area contributed by atoms with Crippen LogP contribution in [0.1, 0.15) is 26.4 Å². The maximum atomic E-state index is 13.4. The van der Waals surface area contributed by atoms with Crippen LogP contribution in [-0.2, 0) is 0 Å². The first-order valence-corrected chi connectivity index (χ1v) is 10.5. The predicted octanol–water partition coefficient (Wildman–Crippen LogP) is 4.73. The molecule has 31 heavy (non-hydrogen) atoms. The summed E-state index contributed by atoms with van der Waals surface area (Å²) >= 11 is 9.60. The number of carbonyl (C=O) groups is 2. The molecule has 0 aliphatic rings. The van der Waals surface area contributed by atoms with Crippen molar-refractivity contribution in [3.63, 3.8) is 0 Å². The molecule has 0 spiro atoms. The van der Waals surface area contributed by atoms with E-state index in [0.717, 1.165) is 5.52 Å². The molecule has 3 heterocycles. The van der Waals surface area contributed by atoms with E-state index in [4.69, 9.17) is 11.6 Å². The number of anilines is 1. The van der Waals surface area contributed by atoms with E-state index in [1.807, 2.05) is 28.8 Å².